The van der Waals surface area contributed by atoms with E-state index in [0.717, 1.165) is 18.6 Å². The van der Waals surface area contributed by atoms with Gasteiger partial charge in [-0.25, -0.2) is 0 Å². The molecule has 3 heteroatoms. The van der Waals surface area contributed by atoms with Crippen LogP contribution in [0.1, 0.15) is 51.9 Å². The Morgan fingerprint density at radius 3 is 2.21 bits per heavy atom. The molecule has 0 aromatic heterocycles. The van der Waals surface area contributed by atoms with Crippen LogP contribution in [0, 0.1) is 0 Å². The number of ether oxygens (including phenoxy) is 1. The van der Waals surface area contributed by atoms with Crippen LogP contribution >= 0.6 is 12.6 Å². The van der Waals surface area contributed by atoms with Crippen molar-refractivity contribution in [3.8, 4) is 0 Å². The second-order valence-corrected chi connectivity index (χ2v) is 3.85. The zero-order valence-corrected chi connectivity index (χ0v) is 10.0. The minimum absolute atomic E-state index is 0.0529. The monoisotopic (exact) mass is 218 g/mol. The molecule has 0 rings (SSSR count). The fourth-order valence-corrected chi connectivity index (χ4v) is 1.55. The summed E-state index contributed by atoms with van der Waals surface area (Å²) in [6, 6.07) is 0. The van der Waals surface area contributed by atoms with Gasteiger partial charge in [-0.15, -0.1) is 0 Å². The second kappa shape index (κ2) is 10.9. The molecular weight excluding hydrogens is 196 g/mol. The first-order chi connectivity index (χ1) is 6.81. The van der Waals surface area contributed by atoms with Crippen molar-refractivity contribution in [2.75, 3.05) is 12.4 Å². The van der Waals surface area contributed by atoms with Crippen LogP contribution in [-0.2, 0) is 9.53 Å². The Balaban J connectivity index is 3.01. The van der Waals surface area contributed by atoms with Crippen molar-refractivity contribution >= 4 is 18.6 Å². The van der Waals surface area contributed by atoms with Crippen LogP contribution in [0.15, 0.2) is 0 Å². The van der Waals surface area contributed by atoms with Crippen molar-refractivity contribution in [2.45, 2.75) is 51.9 Å². The van der Waals surface area contributed by atoms with Crippen LogP contribution in [-0.4, -0.2) is 18.3 Å². The van der Waals surface area contributed by atoms with Crippen molar-refractivity contribution in [3.63, 3.8) is 0 Å². The maximum Gasteiger partial charge on any atom is 0.305 e. The van der Waals surface area contributed by atoms with E-state index in [1.54, 1.807) is 0 Å². The van der Waals surface area contributed by atoms with Crippen LogP contribution < -0.4 is 0 Å². The Morgan fingerprint density at radius 2 is 1.64 bits per heavy atom. The summed E-state index contributed by atoms with van der Waals surface area (Å²) >= 11 is 4.15. The van der Waals surface area contributed by atoms with Gasteiger partial charge in [0.1, 0.15) is 0 Å². The summed E-state index contributed by atoms with van der Waals surface area (Å²) in [7, 11) is 0. The maximum atomic E-state index is 10.9. The van der Waals surface area contributed by atoms with Crippen LogP contribution in [0.4, 0.5) is 0 Å². The topological polar surface area (TPSA) is 26.3 Å². The van der Waals surface area contributed by atoms with E-state index in [-0.39, 0.29) is 5.97 Å². The summed E-state index contributed by atoms with van der Waals surface area (Å²) in [5, 5.41) is 0. The first kappa shape index (κ1) is 13.8. The quantitative estimate of drug-likeness (QED) is 0.365. The van der Waals surface area contributed by atoms with Gasteiger partial charge >= 0.3 is 5.97 Å². The van der Waals surface area contributed by atoms with E-state index < -0.39 is 0 Å². The van der Waals surface area contributed by atoms with E-state index in [0.29, 0.717) is 13.0 Å². The summed E-state index contributed by atoms with van der Waals surface area (Å²) in [5.74, 6) is 0.936. The number of carbonyl (C=O) groups excluding carboxylic acids is 1. The maximum absolute atomic E-state index is 10.9. The number of hydrogen-bond acceptors (Lipinski definition) is 3. The molecule has 0 aliphatic heterocycles. The lowest BCUT2D eigenvalue weighted by molar-refractivity contribution is -0.143. The molecule has 14 heavy (non-hydrogen) atoms. The highest BCUT2D eigenvalue weighted by Crippen LogP contribution is 2.07. The summed E-state index contributed by atoms with van der Waals surface area (Å²) in [6.45, 7) is 2.34. The Labute approximate surface area is 92.8 Å². The Hall–Kier alpha value is -0.180. The zero-order chi connectivity index (χ0) is 10.6. The van der Waals surface area contributed by atoms with E-state index >= 15 is 0 Å². The normalized spacial score (nSPS) is 10.1. The molecule has 0 amide bonds. The van der Waals surface area contributed by atoms with Gasteiger partial charge in [0.25, 0.3) is 0 Å². The van der Waals surface area contributed by atoms with Gasteiger partial charge in [-0.05, 0) is 25.5 Å². The first-order valence-electron chi connectivity index (χ1n) is 5.57. The highest BCUT2D eigenvalue weighted by molar-refractivity contribution is 7.80. The fraction of sp³-hybridized carbons (Fsp3) is 0.909. The molecule has 0 aromatic carbocycles. The minimum Gasteiger partial charge on any atom is -0.466 e. The average Bonchev–Trinajstić information content (AvgIpc) is 2.17. The first-order valence-corrected chi connectivity index (χ1v) is 6.21. The number of hydrogen-bond donors (Lipinski definition) is 1. The van der Waals surface area contributed by atoms with Crippen LogP contribution in [0.25, 0.3) is 0 Å². The lowest BCUT2D eigenvalue weighted by Gasteiger charge is -2.01. The Kier molecular flexibility index (Phi) is 10.8. The van der Waals surface area contributed by atoms with Crippen LogP contribution in [0.3, 0.4) is 0 Å². The van der Waals surface area contributed by atoms with E-state index in [4.69, 9.17) is 4.74 Å². The van der Waals surface area contributed by atoms with Gasteiger partial charge in [-0.2, -0.15) is 12.6 Å². The molecule has 2 nitrogen and oxygen atoms in total. The third kappa shape index (κ3) is 9.90. The van der Waals surface area contributed by atoms with Gasteiger partial charge in [0.05, 0.1) is 6.61 Å². The van der Waals surface area contributed by atoms with Crippen LogP contribution in [0.5, 0.6) is 0 Å². The van der Waals surface area contributed by atoms with Crippen molar-refractivity contribution in [1.82, 2.24) is 0 Å². The Morgan fingerprint density at radius 1 is 1.07 bits per heavy atom. The number of esters is 1. The average molecular weight is 218 g/mol. The molecule has 0 saturated carbocycles. The number of rotatable bonds is 9. The van der Waals surface area contributed by atoms with Gasteiger partial charge in [-0.1, -0.05) is 25.7 Å². The van der Waals surface area contributed by atoms with E-state index in [1.807, 2.05) is 6.92 Å². The molecule has 0 fully saturated rings. The molecule has 0 saturated heterocycles. The lowest BCUT2D eigenvalue weighted by atomic mass is 10.1. The van der Waals surface area contributed by atoms with E-state index in [1.165, 1.54) is 25.7 Å². The standard InChI is InChI=1S/C11H22O2S/c1-2-13-11(12)9-7-5-3-4-6-8-10-14/h14H,2-10H2,1H3. The minimum atomic E-state index is -0.0529. The summed E-state index contributed by atoms with van der Waals surface area (Å²) in [4.78, 5) is 10.9. The predicted molar refractivity (Wildman–Crippen MR) is 62.8 cm³/mol. The third-order valence-electron chi connectivity index (χ3n) is 2.09. The fourth-order valence-electron chi connectivity index (χ4n) is 1.32. The van der Waals surface area contributed by atoms with Crippen LogP contribution in [0.2, 0.25) is 0 Å². The molecule has 0 unspecified atom stereocenters. The molecule has 0 spiro atoms. The molecule has 0 bridgehead atoms. The van der Waals surface area contributed by atoms with Gasteiger partial charge in [0.15, 0.2) is 0 Å². The summed E-state index contributed by atoms with van der Waals surface area (Å²) in [6.07, 6.45) is 7.67. The van der Waals surface area contributed by atoms with E-state index in [9.17, 15) is 4.79 Å². The molecule has 0 heterocycles. The smallest absolute Gasteiger partial charge is 0.305 e. The van der Waals surface area contributed by atoms with Crippen molar-refractivity contribution in [2.24, 2.45) is 0 Å². The molecular formula is C11H22O2S. The van der Waals surface area contributed by atoms with Gasteiger partial charge < -0.3 is 4.74 Å². The molecule has 84 valence electrons. The zero-order valence-electron chi connectivity index (χ0n) is 9.13. The largest absolute Gasteiger partial charge is 0.466 e. The SMILES string of the molecule is CCOC(=O)CCCCCCCCS. The highest BCUT2D eigenvalue weighted by atomic mass is 32.1. The molecule has 0 aromatic rings. The third-order valence-corrected chi connectivity index (χ3v) is 2.41. The second-order valence-electron chi connectivity index (χ2n) is 3.40. The predicted octanol–water partition coefficient (Wildman–Crippen LogP) is 3.21. The summed E-state index contributed by atoms with van der Waals surface area (Å²) in [5.41, 5.74) is 0. The number of unbranched alkanes of at least 4 members (excludes halogenated alkanes) is 5. The van der Waals surface area contributed by atoms with Crippen molar-refractivity contribution in [3.05, 3.63) is 0 Å². The summed E-state index contributed by atoms with van der Waals surface area (Å²) < 4.78 is 4.84. The molecule has 0 radical (unpaired) electrons. The van der Waals surface area contributed by atoms with Crippen molar-refractivity contribution < 1.29 is 9.53 Å². The van der Waals surface area contributed by atoms with E-state index in [2.05, 4.69) is 12.6 Å². The van der Waals surface area contributed by atoms with Gasteiger partial charge in [0.2, 0.25) is 0 Å². The molecule has 0 aliphatic carbocycles. The Bertz CT molecular complexity index is 137. The highest BCUT2D eigenvalue weighted by Gasteiger charge is 2.00. The molecule has 0 aliphatic rings. The number of thiol groups is 1. The van der Waals surface area contributed by atoms with Gasteiger partial charge in [0, 0.05) is 6.42 Å². The van der Waals surface area contributed by atoms with Gasteiger partial charge in [-0.3, -0.25) is 4.79 Å². The van der Waals surface area contributed by atoms with Crippen molar-refractivity contribution in [1.29, 1.82) is 0 Å². The number of carbonyl (C=O) groups is 1. The molecule has 0 N–H and O–H groups in total. The lowest BCUT2D eigenvalue weighted by Crippen LogP contribution is -2.03. The molecule has 0 atom stereocenters.